The number of rotatable bonds is 4. The van der Waals surface area contributed by atoms with E-state index in [1.807, 2.05) is 11.8 Å². The van der Waals surface area contributed by atoms with E-state index in [2.05, 4.69) is 0 Å². The third-order valence-corrected chi connectivity index (χ3v) is 3.13. The number of hydrogen-bond acceptors (Lipinski definition) is 4. The topological polar surface area (TPSA) is 86.8 Å². The van der Waals surface area contributed by atoms with E-state index in [-0.39, 0.29) is 0 Å². The molecule has 0 bridgehead atoms. The Balaban J connectivity index is 2.54. The average molecular weight is 216 g/mol. The number of carbonyl (C=O) groups is 1. The van der Waals surface area contributed by atoms with Crippen LogP contribution >= 0.6 is 0 Å². The molecule has 0 saturated carbocycles. The number of aliphatic carboxylic acids is 1. The molecule has 0 amide bonds. The molecule has 1 aliphatic heterocycles. The summed E-state index contributed by atoms with van der Waals surface area (Å²) in [6.45, 7) is 5.10. The van der Waals surface area contributed by atoms with Gasteiger partial charge in [-0.05, 0) is 19.8 Å². The van der Waals surface area contributed by atoms with Gasteiger partial charge in [-0.15, -0.1) is 0 Å². The molecule has 5 heteroatoms. The molecular weight excluding hydrogens is 196 g/mol. The van der Waals surface area contributed by atoms with Gasteiger partial charge >= 0.3 is 5.97 Å². The maximum Gasteiger partial charge on any atom is 0.325 e. The summed E-state index contributed by atoms with van der Waals surface area (Å²) < 4.78 is 0. The molecule has 0 aromatic rings. The van der Waals surface area contributed by atoms with Crippen LogP contribution in [0.5, 0.6) is 0 Å². The number of β-amino-alcohol motifs (C(OH)–C–C–N with tert-alkyl or cyclic N) is 1. The molecule has 2 unspecified atom stereocenters. The van der Waals surface area contributed by atoms with Gasteiger partial charge in [0.1, 0.15) is 5.54 Å². The molecule has 5 nitrogen and oxygen atoms in total. The Morgan fingerprint density at radius 3 is 2.67 bits per heavy atom. The van der Waals surface area contributed by atoms with E-state index in [4.69, 9.17) is 10.8 Å². The van der Waals surface area contributed by atoms with E-state index in [9.17, 15) is 9.90 Å². The summed E-state index contributed by atoms with van der Waals surface area (Å²) in [5.41, 5.74) is 3.83. The quantitative estimate of drug-likeness (QED) is 0.597. The van der Waals surface area contributed by atoms with E-state index >= 15 is 0 Å². The fraction of sp³-hybridized carbons (Fsp3) is 0.900. The van der Waals surface area contributed by atoms with Crippen molar-refractivity contribution in [3.63, 3.8) is 0 Å². The van der Waals surface area contributed by atoms with Crippen LogP contribution < -0.4 is 5.73 Å². The predicted octanol–water partition coefficient (Wildman–Crippen LogP) is -0.365. The molecule has 1 fully saturated rings. The molecule has 1 heterocycles. The zero-order valence-electron chi connectivity index (χ0n) is 9.36. The summed E-state index contributed by atoms with van der Waals surface area (Å²) in [7, 11) is 0. The van der Waals surface area contributed by atoms with E-state index in [1.54, 1.807) is 6.92 Å². The molecule has 0 aromatic carbocycles. The van der Waals surface area contributed by atoms with E-state index in [0.29, 0.717) is 32.5 Å². The second kappa shape index (κ2) is 4.08. The first-order valence-corrected chi connectivity index (χ1v) is 5.26. The first kappa shape index (κ1) is 12.4. The zero-order chi connectivity index (χ0) is 11.7. The first-order chi connectivity index (χ1) is 6.79. The van der Waals surface area contributed by atoms with Crippen molar-refractivity contribution in [3.05, 3.63) is 0 Å². The fourth-order valence-corrected chi connectivity index (χ4v) is 1.82. The number of likely N-dealkylation sites (tertiary alicyclic amines) is 1. The lowest BCUT2D eigenvalue weighted by Crippen LogP contribution is -2.51. The third-order valence-electron chi connectivity index (χ3n) is 3.13. The Morgan fingerprint density at radius 2 is 2.27 bits per heavy atom. The van der Waals surface area contributed by atoms with Crippen molar-refractivity contribution in [2.24, 2.45) is 5.73 Å². The van der Waals surface area contributed by atoms with Gasteiger partial charge in [-0.1, -0.05) is 6.92 Å². The van der Waals surface area contributed by atoms with Crippen LogP contribution in [-0.4, -0.2) is 51.9 Å². The maximum absolute atomic E-state index is 10.9. The van der Waals surface area contributed by atoms with Gasteiger partial charge in [0.25, 0.3) is 0 Å². The van der Waals surface area contributed by atoms with Crippen molar-refractivity contribution in [1.82, 2.24) is 4.90 Å². The highest BCUT2D eigenvalue weighted by atomic mass is 16.4. The summed E-state index contributed by atoms with van der Waals surface area (Å²) in [5.74, 6) is -0.957. The van der Waals surface area contributed by atoms with E-state index < -0.39 is 17.1 Å². The monoisotopic (exact) mass is 216 g/mol. The lowest BCUT2D eigenvalue weighted by molar-refractivity contribution is -0.142. The number of carboxylic acids is 1. The SMILES string of the molecule is CCC(C)(O)CN1CCC(N)(C(=O)O)C1. The summed E-state index contributed by atoms with van der Waals surface area (Å²) >= 11 is 0. The summed E-state index contributed by atoms with van der Waals surface area (Å²) in [4.78, 5) is 12.8. The number of nitrogens with two attached hydrogens (primary N) is 1. The second-order valence-corrected chi connectivity index (χ2v) is 4.77. The predicted molar refractivity (Wildman–Crippen MR) is 56.5 cm³/mol. The molecule has 0 radical (unpaired) electrons. The Hall–Kier alpha value is -0.650. The summed E-state index contributed by atoms with van der Waals surface area (Å²) in [6, 6.07) is 0. The van der Waals surface area contributed by atoms with Crippen molar-refractivity contribution in [2.45, 2.75) is 37.8 Å². The molecule has 0 aliphatic carbocycles. The van der Waals surface area contributed by atoms with Gasteiger partial charge in [-0.3, -0.25) is 9.69 Å². The van der Waals surface area contributed by atoms with Gasteiger partial charge < -0.3 is 15.9 Å². The van der Waals surface area contributed by atoms with Gasteiger partial charge in [-0.25, -0.2) is 0 Å². The summed E-state index contributed by atoms with van der Waals surface area (Å²) in [6.07, 6.45) is 1.09. The van der Waals surface area contributed by atoms with Gasteiger partial charge in [0.05, 0.1) is 5.60 Å². The fourth-order valence-electron chi connectivity index (χ4n) is 1.82. The molecular formula is C10H20N2O3. The average Bonchev–Trinajstić information content (AvgIpc) is 2.48. The second-order valence-electron chi connectivity index (χ2n) is 4.77. The Kier molecular flexibility index (Phi) is 3.38. The van der Waals surface area contributed by atoms with Gasteiger partial charge in [-0.2, -0.15) is 0 Å². The number of hydrogen-bond donors (Lipinski definition) is 3. The third kappa shape index (κ3) is 2.90. The van der Waals surface area contributed by atoms with Gasteiger partial charge in [0.15, 0.2) is 0 Å². The zero-order valence-corrected chi connectivity index (χ0v) is 9.36. The minimum absolute atomic E-state index is 0.318. The molecule has 2 atom stereocenters. The van der Waals surface area contributed by atoms with E-state index in [1.165, 1.54) is 0 Å². The summed E-state index contributed by atoms with van der Waals surface area (Å²) in [5, 5.41) is 18.8. The minimum Gasteiger partial charge on any atom is -0.480 e. The van der Waals surface area contributed by atoms with Crippen LogP contribution in [0.3, 0.4) is 0 Å². The van der Waals surface area contributed by atoms with Crippen molar-refractivity contribution in [3.8, 4) is 0 Å². The lowest BCUT2D eigenvalue weighted by atomic mass is 10.0. The van der Waals surface area contributed by atoms with Crippen LogP contribution in [0, 0.1) is 0 Å². The highest BCUT2D eigenvalue weighted by molar-refractivity contribution is 5.79. The molecule has 4 N–H and O–H groups in total. The molecule has 1 rings (SSSR count). The molecule has 15 heavy (non-hydrogen) atoms. The minimum atomic E-state index is -1.14. The molecule has 1 saturated heterocycles. The number of nitrogens with zero attached hydrogens (tertiary/aromatic N) is 1. The van der Waals surface area contributed by atoms with Crippen molar-refractivity contribution in [2.75, 3.05) is 19.6 Å². The van der Waals surface area contributed by atoms with Gasteiger partial charge in [0.2, 0.25) is 0 Å². The number of aliphatic hydroxyl groups is 1. The van der Waals surface area contributed by atoms with Crippen molar-refractivity contribution in [1.29, 1.82) is 0 Å². The maximum atomic E-state index is 10.9. The Morgan fingerprint density at radius 1 is 1.67 bits per heavy atom. The normalized spacial score (nSPS) is 31.5. The highest BCUT2D eigenvalue weighted by Gasteiger charge is 2.42. The smallest absolute Gasteiger partial charge is 0.325 e. The molecule has 0 spiro atoms. The first-order valence-electron chi connectivity index (χ1n) is 5.26. The van der Waals surface area contributed by atoms with Crippen LogP contribution in [0.15, 0.2) is 0 Å². The standard InChI is InChI=1S/C10H20N2O3/c1-3-9(2,15)6-12-5-4-10(11,7-12)8(13)14/h15H,3-7,11H2,1-2H3,(H,13,14). The van der Waals surface area contributed by atoms with Crippen molar-refractivity contribution < 1.29 is 15.0 Å². The number of carboxylic acid groups (broad SMARTS) is 1. The highest BCUT2D eigenvalue weighted by Crippen LogP contribution is 2.22. The molecule has 1 aliphatic rings. The van der Waals surface area contributed by atoms with Crippen LogP contribution in [-0.2, 0) is 4.79 Å². The molecule has 0 aromatic heterocycles. The Bertz CT molecular complexity index is 255. The Labute approximate surface area is 89.9 Å². The van der Waals surface area contributed by atoms with Crippen LogP contribution in [0.1, 0.15) is 26.7 Å². The van der Waals surface area contributed by atoms with Crippen LogP contribution in [0.4, 0.5) is 0 Å². The van der Waals surface area contributed by atoms with Crippen LogP contribution in [0.2, 0.25) is 0 Å². The molecule has 88 valence electrons. The largest absolute Gasteiger partial charge is 0.480 e. The van der Waals surface area contributed by atoms with Gasteiger partial charge in [0, 0.05) is 19.6 Å². The van der Waals surface area contributed by atoms with E-state index in [0.717, 1.165) is 0 Å². The van der Waals surface area contributed by atoms with Crippen LogP contribution in [0.25, 0.3) is 0 Å². The van der Waals surface area contributed by atoms with Crippen molar-refractivity contribution >= 4 is 5.97 Å². The lowest BCUT2D eigenvalue weighted by Gasteiger charge is -2.28.